The SMILES string of the molecule is COC(C)(C)CNCC(C(N)=NO)C(F)(F)F. The Hall–Kier alpha value is -1.02. The first-order chi connectivity index (χ1) is 7.64. The summed E-state index contributed by atoms with van der Waals surface area (Å²) < 4.78 is 42.6. The Morgan fingerprint density at radius 1 is 1.47 bits per heavy atom. The minimum absolute atomic E-state index is 0.217. The minimum atomic E-state index is -4.56. The molecule has 0 fully saturated rings. The first kappa shape index (κ1) is 16.0. The second-order valence-corrected chi connectivity index (χ2v) is 4.21. The summed E-state index contributed by atoms with van der Waals surface area (Å²) in [5.74, 6) is -2.87. The van der Waals surface area contributed by atoms with E-state index in [2.05, 4.69) is 10.5 Å². The Labute approximate surface area is 97.8 Å². The van der Waals surface area contributed by atoms with E-state index in [1.807, 2.05) is 0 Å². The van der Waals surface area contributed by atoms with Gasteiger partial charge in [0.05, 0.1) is 5.60 Å². The van der Waals surface area contributed by atoms with Crippen molar-refractivity contribution < 1.29 is 23.1 Å². The van der Waals surface area contributed by atoms with Crippen molar-refractivity contribution in [3.05, 3.63) is 0 Å². The van der Waals surface area contributed by atoms with Gasteiger partial charge in [-0.1, -0.05) is 5.16 Å². The number of amidine groups is 1. The highest BCUT2D eigenvalue weighted by Gasteiger charge is 2.42. The average molecular weight is 257 g/mol. The lowest BCUT2D eigenvalue weighted by molar-refractivity contribution is -0.155. The lowest BCUT2D eigenvalue weighted by atomic mass is 10.1. The van der Waals surface area contributed by atoms with Crippen molar-refractivity contribution in [2.45, 2.75) is 25.6 Å². The van der Waals surface area contributed by atoms with Gasteiger partial charge < -0.3 is 21.0 Å². The molecule has 102 valence electrons. The Kier molecular flexibility index (Phi) is 5.70. The summed E-state index contributed by atoms with van der Waals surface area (Å²) in [4.78, 5) is 0. The first-order valence-corrected chi connectivity index (χ1v) is 4.94. The third kappa shape index (κ3) is 5.73. The molecule has 5 nitrogen and oxygen atoms in total. The van der Waals surface area contributed by atoms with E-state index in [1.54, 1.807) is 13.8 Å². The van der Waals surface area contributed by atoms with Gasteiger partial charge in [-0.05, 0) is 13.8 Å². The normalized spacial score (nSPS) is 16.0. The van der Waals surface area contributed by atoms with Crippen molar-refractivity contribution in [1.82, 2.24) is 5.32 Å². The number of ether oxygens (including phenoxy) is 1. The number of oxime groups is 1. The van der Waals surface area contributed by atoms with Crippen LogP contribution >= 0.6 is 0 Å². The van der Waals surface area contributed by atoms with Gasteiger partial charge in [0.2, 0.25) is 0 Å². The van der Waals surface area contributed by atoms with Gasteiger partial charge in [0.15, 0.2) is 5.84 Å². The number of halogens is 3. The highest BCUT2D eigenvalue weighted by atomic mass is 19.4. The van der Waals surface area contributed by atoms with Crippen LogP contribution in [0.5, 0.6) is 0 Å². The fourth-order valence-corrected chi connectivity index (χ4v) is 1.05. The van der Waals surface area contributed by atoms with E-state index in [4.69, 9.17) is 15.7 Å². The number of nitrogens with zero attached hydrogens (tertiary/aromatic N) is 1. The van der Waals surface area contributed by atoms with Crippen molar-refractivity contribution in [3.8, 4) is 0 Å². The number of rotatable bonds is 6. The second-order valence-electron chi connectivity index (χ2n) is 4.21. The number of nitrogens with two attached hydrogens (primary N) is 1. The van der Waals surface area contributed by atoms with E-state index in [0.29, 0.717) is 0 Å². The molecule has 0 spiro atoms. The Bertz CT molecular complexity index is 267. The van der Waals surface area contributed by atoms with Gasteiger partial charge in [-0.25, -0.2) is 0 Å². The molecule has 0 radical (unpaired) electrons. The molecule has 0 bridgehead atoms. The van der Waals surface area contributed by atoms with Crippen LogP contribution in [0.25, 0.3) is 0 Å². The molecule has 8 heteroatoms. The van der Waals surface area contributed by atoms with E-state index in [9.17, 15) is 13.2 Å². The zero-order chi connectivity index (χ0) is 13.7. The van der Waals surface area contributed by atoms with Crippen molar-refractivity contribution in [2.24, 2.45) is 16.8 Å². The van der Waals surface area contributed by atoms with Crippen LogP contribution in [-0.4, -0.2) is 43.0 Å². The third-order valence-corrected chi connectivity index (χ3v) is 2.32. The van der Waals surface area contributed by atoms with Crippen molar-refractivity contribution in [1.29, 1.82) is 0 Å². The van der Waals surface area contributed by atoms with Crippen LogP contribution < -0.4 is 11.1 Å². The molecule has 0 aliphatic rings. The molecule has 0 rings (SSSR count). The van der Waals surface area contributed by atoms with Crippen LogP contribution in [0.2, 0.25) is 0 Å². The quantitative estimate of drug-likeness (QED) is 0.286. The summed E-state index contributed by atoms with van der Waals surface area (Å²) in [6.45, 7) is 3.21. The zero-order valence-corrected chi connectivity index (χ0v) is 10.0. The van der Waals surface area contributed by atoms with Crippen LogP contribution in [0.15, 0.2) is 5.16 Å². The molecule has 1 atom stereocenters. The minimum Gasteiger partial charge on any atom is -0.409 e. The van der Waals surface area contributed by atoms with Gasteiger partial charge in [0.1, 0.15) is 5.92 Å². The molecule has 0 saturated carbocycles. The molecule has 0 aliphatic heterocycles. The molecule has 0 amide bonds. The predicted molar refractivity (Wildman–Crippen MR) is 56.9 cm³/mol. The Morgan fingerprint density at radius 2 is 2.00 bits per heavy atom. The molecule has 0 heterocycles. The number of methoxy groups -OCH3 is 1. The maximum atomic E-state index is 12.5. The van der Waals surface area contributed by atoms with Crippen LogP contribution in [-0.2, 0) is 4.74 Å². The lowest BCUT2D eigenvalue weighted by Crippen LogP contribution is -2.46. The second kappa shape index (κ2) is 6.06. The largest absolute Gasteiger partial charge is 0.409 e. The first-order valence-electron chi connectivity index (χ1n) is 4.94. The molecule has 4 N–H and O–H groups in total. The van der Waals surface area contributed by atoms with Gasteiger partial charge in [-0.15, -0.1) is 0 Å². The number of hydrogen-bond acceptors (Lipinski definition) is 4. The van der Waals surface area contributed by atoms with Crippen molar-refractivity contribution in [3.63, 3.8) is 0 Å². The Morgan fingerprint density at radius 3 is 2.35 bits per heavy atom. The Balaban J connectivity index is 4.40. The molecular weight excluding hydrogens is 239 g/mol. The maximum Gasteiger partial charge on any atom is 0.400 e. The van der Waals surface area contributed by atoms with Gasteiger partial charge in [-0.2, -0.15) is 13.2 Å². The van der Waals surface area contributed by atoms with Gasteiger partial charge in [0, 0.05) is 20.2 Å². The van der Waals surface area contributed by atoms with Crippen molar-refractivity contribution >= 4 is 5.84 Å². The molecule has 0 saturated heterocycles. The van der Waals surface area contributed by atoms with E-state index in [-0.39, 0.29) is 6.54 Å². The van der Waals surface area contributed by atoms with Gasteiger partial charge >= 0.3 is 6.18 Å². The van der Waals surface area contributed by atoms with Gasteiger partial charge in [-0.3, -0.25) is 0 Å². The predicted octanol–water partition coefficient (Wildman–Crippen LogP) is 0.926. The summed E-state index contributed by atoms with van der Waals surface area (Å²) in [6, 6.07) is 0. The summed E-state index contributed by atoms with van der Waals surface area (Å²) in [6.07, 6.45) is -4.56. The summed E-state index contributed by atoms with van der Waals surface area (Å²) in [5.41, 5.74) is 4.41. The van der Waals surface area contributed by atoms with Crippen molar-refractivity contribution in [2.75, 3.05) is 20.2 Å². The number of nitrogens with one attached hydrogen (secondary N) is 1. The standard InChI is InChI=1S/C9H18F3N3O2/c1-8(2,17-3)5-14-4-6(7(13)15-16)9(10,11)12/h6,14,16H,4-5H2,1-3H3,(H2,13,15). The van der Waals surface area contributed by atoms with Gasteiger partial charge in [0.25, 0.3) is 0 Å². The number of alkyl halides is 3. The van der Waals surface area contributed by atoms with Crippen LogP contribution in [0.1, 0.15) is 13.8 Å². The zero-order valence-electron chi connectivity index (χ0n) is 10.0. The average Bonchev–Trinajstić information content (AvgIpc) is 2.21. The maximum absolute atomic E-state index is 12.5. The highest BCUT2D eigenvalue weighted by molar-refractivity contribution is 5.83. The van der Waals surface area contributed by atoms with E-state index < -0.39 is 30.1 Å². The third-order valence-electron chi connectivity index (χ3n) is 2.32. The van der Waals surface area contributed by atoms with Crippen LogP contribution in [0.3, 0.4) is 0 Å². The molecule has 0 aromatic heterocycles. The fraction of sp³-hybridized carbons (Fsp3) is 0.889. The fourth-order valence-electron chi connectivity index (χ4n) is 1.05. The highest BCUT2D eigenvalue weighted by Crippen LogP contribution is 2.25. The van der Waals surface area contributed by atoms with E-state index in [1.165, 1.54) is 7.11 Å². The lowest BCUT2D eigenvalue weighted by Gasteiger charge is -2.25. The summed E-state index contributed by atoms with van der Waals surface area (Å²) >= 11 is 0. The molecular formula is C9H18F3N3O2. The molecule has 0 aromatic carbocycles. The molecule has 0 aliphatic carbocycles. The monoisotopic (exact) mass is 257 g/mol. The van der Waals surface area contributed by atoms with Crippen LogP contribution in [0.4, 0.5) is 13.2 Å². The van der Waals surface area contributed by atoms with Crippen LogP contribution in [0, 0.1) is 5.92 Å². The number of hydrogen-bond donors (Lipinski definition) is 3. The molecule has 1 unspecified atom stereocenters. The topological polar surface area (TPSA) is 79.9 Å². The molecule has 0 aromatic rings. The summed E-state index contributed by atoms with van der Waals surface area (Å²) in [7, 11) is 1.46. The van der Waals surface area contributed by atoms with E-state index in [0.717, 1.165) is 0 Å². The van der Waals surface area contributed by atoms with E-state index >= 15 is 0 Å². The molecule has 17 heavy (non-hydrogen) atoms. The smallest absolute Gasteiger partial charge is 0.400 e. The summed E-state index contributed by atoms with van der Waals surface area (Å²) in [5, 5.41) is 13.3.